The Morgan fingerprint density at radius 1 is 1.43 bits per heavy atom. The predicted molar refractivity (Wildman–Crippen MR) is 71.0 cm³/mol. The number of aliphatic carboxylic acids is 1. The van der Waals surface area contributed by atoms with Gasteiger partial charge in [-0.15, -0.1) is 0 Å². The number of anilines is 1. The smallest absolute Gasteiger partial charge is 0.433 e. The molecule has 1 saturated heterocycles. The summed E-state index contributed by atoms with van der Waals surface area (Å²) < 4.78 is 38.0. The van der Waals surface area contributed by atoms with Crippen LogP contribution in [0.15, 0.2) is 18.2 Å². The largest absolute Gasteiger partial charge is 0.481 e. The molecular weight excluding hydrogens is 285 g/mol. The lowest BCUT2D eigenvalue weighted by atomic mass is 9.93. The van der Waals surface area contributed by atoms with Gasteiger partial charge < -0.3 is 10.0 Å². The maximum Gasteiger partial charge on any atom is 0.433 e. The highest BCUT2D eigenvalue weighted by Crippen LogP contribution is 2.30. The molecule has 0 aliphatic carbocycles. The van der Waals surface area contributed by atoms with Gasteiger partial charge >= 0.3 is 12.1 Å². The Bertz CT molecular complexity index is 505. The zero-order valence-corrected chi connectivity index (χ0v) is 11.4. The number of aromatic nitrogens is 1. The van der Waals surface area contributed by atoms with Gasteiger partial charge in [-0.25, -0.2) is 4.98 Å². The van der Waals surface area contributed by atoms with Gasteiger partial charge in [0.1, 0.15) is 11.5 Å². The van der Waals surface area contributed by atoms with Gasteiger partial charge in [0.25, 0.3) is 0 Å². The molecule has 0 saturated carbocycles. The molecule has 0 bridgehead atoms. The Labute approximate surface area is 120 Å². The predicted octanol–water partition coefficient (Wildman–Crippen LogP) is 3.18. The zero-order chi connectivity index (χ0) is 15.5. The topological polar surface area (TPSA) is 53.4 Å². The summed E-state index contributed by atoms with van der Waals surface area (Å²) in [5, 5.41) is 8.70. The molecule has 0 radical (unpaired) electrons. The fraction of sp³-hybridized carbons (Fsp3) is 0.571. The summed E-state index contributed by atoms with van der Waals surface area (Å²) in [4.78, 5) is 16.1. The van der Waals surface area contributed by atoms with Crippen LogP contribution in [-0.4, -0.2) is 29.1 Å². The normalized spacial score (nSPS) is 19.6. The molecule has 2 rings (SSSR count). The minimum Gasteiger partial charge on any atom is -0.481 e. The molecule has 1 atom stereocenters. The summed E-state index contributed by atoms with van der Waals surface area (Å²) in [6.07, 6.45) is -2.07. The van der Waals surface area contributed by atoms with E-state index in [1.807, 2.05) is 4.90 Å². The van der Waals surface area contributed by atoms with Gasteiger partial charge in [-0.05, 0) is 37.3 Å². The van der Waals surface area contributed by atoms with Crippen molar-refractivity contribution >= 4 is 11.8 Å². The lowest BCUT2D eigenvalue weighted by molar-refractivity contribution is -0.141. The van der Waals surface area contributed by atoms with Crippen molar-refractivity contribution in [2.45, 2.75) is 31.9 Å². The summed E-state index contributed by atoms with van der Waals surface area (Å²) in [7, 11) is 0. The molecule has 2 heterocycles. The summed E-state index contributed by atoms with van der Waals surface area (Å²) in [6, 6.07) is 3.87. The molecule has 0 spiro atoms. The molecule has 1 aliphatic rings. The first kappa shape index (κ1) is 15.6. The van der Waals surface area contributed by atoms with Crippen LogP contribution in [0.3, 0.4) is 0 Å². The van der Waals surface area contributed by atoms with Gasteiger partial charge in [0.2, 0.25) is 0 Å². The van der Waals surface area contributed by atoms with Gasteiger partial charge in [0.15, 0.2) is 0 Å². The number of pyridine rings is 1. The number of carboxylic acids is 1. The van der Waals surface area contributed by atoms with E-state index in [-0.39, 0.29) is 12.3 Å². The Morgan fingerprint density at radius 3 is 2.86 bits per heavy atom. The molecule has 0 amide bonds. The fourth-order valence-corrected chi connectivity index (χ4v) is 2.59. The molecule has 21 heavy (non-hydrogen) atoms. The van der Waals surface area contributed by atoms with Crippen LogP contribution < -0.4 is 4.90 Å². The van der Waals surface area contributed by atoms with Crippen LogP contribution in [0.5, 0.6) is 0 Å². The number of hydrogen-bond acceptors (Lipinski definition) is 3. The first-order valence-electron chi connectivity index (χ1n) is 6.87. The SMILES string of the molecule is O=C(O)CCC1CCCN(c2cccc(C(F)(F)F)n2)C1. The second-order valence-corrected chi connectivity index (χ2v) is 5.27. The van der Waals surface area contributed by atoms with Crippen LogP contribution in [0.2, 0.25) is 0 Å². The first-order valence-corrected chi connectivity index (χ1v) is 6.87. The van der Waals surface area contributed by atoms with E-state index in [2.05, 4.69) is 4.98 Å². The van der Waals surface area contributed by atoms with Crippen molar-refractivity contribution in [1.82, 2.24) is 4.98 Å². The molecule has 1 unspecified atom stereocenters. The van der Waals surface area contributed by atoms with Crippen LogP contribution in [0, 0.1) is 5.92 Å². The van der Waals surface area contributed by atoms with E-state index in [0.29, 0.717) is 25.3 Å². The van der Waals surface area contributed by atoms with Gasteiger partial charge in [0.05, 0.1) is 0 Å². The molecular formula is C14H17F3N2O2. The number of piperidine rings is 1. The minimum absolute atomic E-state index is 0.0918. The van der Waals surface area contributed by atoms with Crippen LogP contribution in [0.25, 0.3) is 0 Å². The minimum atomic E-state index is -4.45. The molecule has 1 aromatic rings. The lowest BCUT2D eigenvalue weighted by Crippen LogP contribution is -2.36. The van der Waals surface area contributed by atoms with E-state index in [9.17, 15) is 18.0 Å². The number of carbonyl (C=O) groups is 1. The molecule has 7 heteroatoms. The summed E-state index contributed by atoms with van der Waals surface area (Å²) in [5.41, 5.74) is -0.896. The second-order valence-electron chi connectivity index (χ2n) is 5.27. The van der Waals surface area contributed by atoms with Crippen molar-refractivity contribution in [2.24, 2.45) is 5.92 Å². The highest BCUT2D eigenvalue weighted by Gasteiger charge is 2.33. The summed E-state index contributed by atoms with van der Waals surface area (Å²) in [6.45, 7) is 1.21. The van der Waals surface area contributed by atoms with E-state index in [0.717, 1.165) is 18.9 Å². The Hall–Kier alpha value is -1.79. The lowest BCUT2D eigenvalue weighted by Gasteiger charge is -2.33. The van der Waals surface area contributed by atoms with E-state index in [4.69, 9.17) is 5.11 Å². The van der Waals surface area contributed by atoms with E-state index < -0.39 is 17.8 Å². The molecule has 1 aliphatic heterocycles. The second kappa shape index (κ2) is 6.32. The number of hydrogen-bond donors (Lipinski definition) is 1. The number of alkyl halides is 3. The molecule has 1 aromatic heterocycles. The maximum atomic E-state index is 12.7. The average Bonchev–Trinajstić information content (AvgIpc) is 2.45. The molecule has 1 N–H and O–H groups in total. The van der Waals surface area contributed by atoms with E-state index in [1.165, 1.54) is 6.07 Å². The van der Waals surface area contributed by atoms with E-state index in [1.54, 1.807) is 6.07 Å². The van der Waals surface area contributed by atoms with Crippen LogP contribution in [0.1, 0.15) is 31.4 Å². The molecule has 4 nitrogen and oxygen atoms in total. The quantitative estimate of drug-likeness (QED) is 0.928. The number of carboxylic acid groups (broad SMARTS) is 1. The van der Waals surface area contributed by atoms with Crippen molar-refractivity contribution in [3.8, 4) is 0 Å². The Balaban J connectivity index is 2.05. The average molecular weight is 302 g/mol. The fourth-order valence-electron chi connectivity index (χ4n) is 2.59. The van der Waals surface area contributed by atoms with Crippen molar-refractivity contribution in [3.05, 3.63) is 23.9 Å². The Morgan fingerprint density at radius 2 is 2.19 bits per heavy atom. The third-order valence-electron chi connectivity index (χ3n) is 3.63. The van der Waals surface area contributed by atoms with Crippen molar-refractivity contribution in [3.63, 3.8) is 0 Å². The molecule has 116 valence electrons. The van der Waals surface area contributed by atoms with Crippen molar-refractivity contribution in [1.29, 1.82) is 0 Å². The zero-order valence-electron chi connectivity index (χ0n) is 11.4. The Kier molecular flexibility index (Phi) is 4.69. The number of halogens is 3. The number of nitrogens with zero attached hydrogens (tertiary/aromatic N) is 2. The highest BCUT2D eigenvalue weighted by molar-refractivity contribution is 5.66. The monoisotopic (exact) mass is 302 g/mol. The highest BCUT2D eigenvalue weighted by atomic mass is 19.4. The van der Waals surface area contributed by atoms with Crippen LogP contribution in [-0.2, 0) is 11.0 Å². The van der Waals surface area contributed by atoms with Gasteiger partial charge in [-0.1, -0.05) is 6.07 Å². The third-order valence-corrected chi connectivity index (χ3v) is 3.63. The summed E-state index contributed by atoms with van der Waals surface area (Å²) in [5.74, 6) is -0.347. The molecule has 1 fully saturated rings. The van der Waals surface area contributed by atoms with Crippen molar-refractivity contribution in [2.75, 3.05) is 18.0 Å². The van der Waals surface area contributed by atoms with Gasteiger partial charge in [-0.3, -0.25) is 4.79 Å². The maximum absolute atomic E-state index is 12.7. The first-order chi connectivity index (χ1) is 9.86. The third kappa shape index (κ3) is 4.34. The standard InChI is InChI=1S/C14H17F3N2O2/c15-14(16,17)11-4-1-5-12(18-11)19-8-2-3-10(9-19)6-7-13(20)21/h1,4-5,10H,2-3,6-9H2,(H,20,21). The van der Waals surface area contributed by atoms with E-state index >= 15 is 0 Å². The van der Waals surface area contributed by atoms with Gasteiger partial charge in [-0.2, -0.15) is 13.2 Å². The van der Waals surface area contributed by atoms with Crippen molar-refractivity contribution < 1.29 is 23.1 Å². The van der Waals surface area contributed by atoms with Crippen LogP contribution in [0.4, 0.5) is 19.0 Å². The van der Waals surface area contributed by atoms with Gasteiger partial charge in [0, 0.05) is 19.5 Å². The van der Waals surface area contributed by atoms with Crippen LogP contribution >= 0.6 is 0 Å². The summed E-state index contributed by atoms with van der Waals surface area (Å²) >= 11 is 0. The molecule has 0 aromatic carbocycles. The number of rotatable bonds is 4.